The molecule has 0 fully saturated rings. The fourth-order valence-electron chi connectivity index (χ4n) is 0.170. The van der Waals surface area contributed by atoms with Crippen molar-refractivity contribution < 1.29 is 9.90 Å². The molecule has 0 aliphatic carbocycles. The quantitative estimate of drug-likeness (QED) is 0.609. The van der Waals surface area contributed by atoms with Crippen LogP contribution in [0.15, 0.2) is 0 Å². The zero-order valence-corrected chi connectivity index (χ0v) is 6.57. The SMILES string of the molecule is CC(Cl)C(C)(C)C(=O)O. The van der Waals surface area contributed by atoms with Crippen LogP contribution in [0.25, 0.3) is 0 Å². The number of carboxylic acids is 1. The van der Waals surface area contributed by atoms with E-state index >= 15 is 0 Å². The van der Waals surface area contributed by atoms with Crippen molar-refractivity contribution in [2.45, 2.75) is 26.1 Å². The standard InChI is InChI=1S/C6H11ClO2/c1-4(7)6(2,3)5(8)9/h4H,1-3H3,(H,8,9). The Balaban J connectivity index is 4.19. The van der Waals surface area contributed by atoms with Crippen LogP contribution in [0.1, 0.15) is 20.8 Å². The highest BCUT2D eigenvalue weighted by Crippen LogP contribution is 2.24. The molecular formula is C6H11ClO2. The summed E-state index contributed by atoms with van der Waals surface area (Å²) in [7, 11) is 0. The van der Waals surface area contributed by atoms with Gasteiger partial charge in [-0.15, -0.1) is 11.6 Å². The Labute approximate surface area is 59.8 Å². The third-order valence-corrected chi connectivity index (χ3v) is 2.09. The molecule has 0 aromatic rings. The Morgan fingerprint density at radius 3 is 2.00 bits per heavy atom. The molecule has 0 aliphatic rings. The largest absolute Gasteiger partial charge is 0.481 e. The van der Waals surface area contributed by atoms with E-state index in [1.165, 1.54) is 0 Å². The minimum absolute atomic E-state index is 0.338. The molecule has 0 rings (SSSR count). The first-order chi connectivity index (χ1) is 3.89. The molecule has 1 N–H and O–H groups in total. The number of aliphatic carboxylic acids is 1. The number of carboxylic acid groups (broad SMARTS) is 1. The van der Waals surface area contributed by atoms with Crippen molar-refractivity contribution in [2.75, 3.05) is 0 Å². The van der Waals surface area contributed by atoms with Crippen molar-refractivity contribution in [3.63, 3.8) is 0 Å². The molecule has 3 heteroatoms. The molecule has 1 unspecified atom stereocenters. The zero-order valence-electron chi connectivity index (χ0n) is 5.81. The van der Waals surface area contributed by atoms with Gasteiger partial charge in [-0.2, -0.15) is 0 Å². The molecule has 9 heavy (non-hydrogen) atoms. The highest BCUT2D eigenvalue weighted by molar-refractivity contribution is 6.22. The van der Waals surface area contributed by atoms with Crippen molar-refractivity contribution >= 4 is 17.6 Å². The fourth-order valence-corrected chi connectivity index (χ4v) is 0.263. The molecule has 0 aliphatic heterocycles. The average molecular weight is 151 g/mol. The molecule has 54 valence electrons. The predicted molar refractivity (Wildman–Crippen MR) is 36.7 cm³/mol. The third-order valence-electron chi connectivity index (χ3n) is 1.55. The first kappa shape index (κ1) is 8.76. The van der Waals surface area contributed by atoms with Gasteiger partial charge in [0.2, 0.25) is 0 Å². The normalized spacial score (nSPS) is 15.1. The van der Waals surface area contributed by atoms with Crippen LogP contribution in [-0.4, -0.2) is 16.5 Å². The lowest BCUT2D eigenvalue weighted by molar-refractivity contribution is -0.146. The van der Waals surface area contributed by atoms with Gasteiger partial charge in [-0.3, -0.25) is 4.79 Å². The molecule has 0 spiro atoms. The van der Waals surface area contributed by atoms with Crippen LogP contribution in [0.4, 0.5) is 0 Å². The molecule has 2 nitrogen and oxygen atoms in total. The number of hydrogen-bond acceptors (Lipinski definition) is 1. The summed E-state index contributed by atoms with van der Waals surface area (Å²) in [6.45, 7) is 4.88. The molecule has 1 atom stereocenters. The van der Waals surface area contributed by atoms with Crippen LogP contribution in [0.3, 0.4) is 0 Å². The third kappa shape index (κ3) is 1.86. The van der Waals surface area contributed by atoms with Crippen molar-refractivity contribution in [3.05, 3.63) is 0 Å². The van der Waals surface area contributed by atoms with E-state index in [4.69, 9.17) is 16.7 Å². The maximum atomic E-state index is 10.4. The van der Waals surface area contributed by atoms with Crippen LogP contribution in [0.5, 0.6) is 0 Å². The Bertz CT molecular complexity index is 118. The average Bonchev–Trinajstić information content (AvgIpc) is 1.65. The Morgan fingerprint density at radius 1 is 1.67 bits per heavy atom. The Hall–Kier alpha value is -0.240. The molecule has 0 aromatic carbocycles. The van der Waals surface area contributed by atoms with E-state index in [1.807, 2.05) is 0 Å². The van der Waals surface area contributed by atoms with E-state index in [0.717, 1.165) is 0 Å². The predicted octanol–water partition coefficient (Wildman–Crippen LogP) is 1.72. The number of carbonyl (C=O) groups is 1. The van der Waals surface area contributed by atoms with Gasteiger partial charge in [0.05, 0.1) is 5.41 Å². The molecule has 0 saturated heterocycles. The van der Waals surface area contributed by atoms with Crippen LogP contribution >= 0.6 is 11.6 Å². The van der Waals surface area contributed by atoms with Gasteiger partial charge in [0.25, 0.3) is 0 Å². The minimum Gasteiger partial charge on any atom is -0.481 e. The molecule has 0 heterocycles. The number of rotatable bonds is 2. The summed E-state index contributed by atoms with van der Waals surface area (Å²) in [6, 6.07) is 0. The zero-order chi connectivity index (χ0) is 7.65. The summed E-state index contributed by atoms with van der Waals surface area (Å²) in [4.78, 5) is 10.4. The summed E-state index contributed by atoms with van der Waals surface area (Å²) in [5.74, 6) is -0.856. The monoisotopic (exact) mass is 150 g/mol. The Morgan fingerprint density at radius 2 is 2.00 bits per heavy atom. The molecule has 0 saturated carbocycles. The lowest BCUT2D eigenvalue weighted by atomic mass is 9.90. The summed E-state index contributed by atoms with van der Waals surface area (Å²) < 4.78 is 0. The Kier molecular flexibility index (Phi) is 2.50. The van der Waals surface area contributed by atoms with Gasteiger partial charge >= 0.3 is 5.97 Å². The summed E-state index contributed by atoms with van der Waals surface area (Å²) >= 11 is 5.58. The maximum absolute atomic E-state index is 10.4. The minimum atomic E-state index is -0.856. The van der Waals surface area contributed by atoms with Crippen molar-refractivity contribution in [3.8, 4) is 0 Å². The molecule has 0 bridgehead atoms. The van der Waals surface area contributed by atoms with Crippen LogP contribution in [0, 0.1) is 5.41 Å². The van der Waals surface area contributed by atoms with Crippen LogP contribution in [-0.2, 0) is 4.79 Å². The lowest BCUT2D eigenvalue weighted by Crippen LogP contribution is -2.31. The summed E-state index contributed by atoms with van der Waals surface area (Å²) in [6.07, 6.45) is 0. The van der Waals surface area contributed by atoms with Gasteiger partial charge in [0.15, 0.2) is 0 Å². The van der Waals surface area contributed by atoms with E-state index < -0.39 is 11.4 Å². The molecule has 0 aromatic heterocycles. The maximum Gasteiger partial charge on any atom is 0.310 e. The van der Waals surface area contributed by atoms with Gasteiger partial charge in [-0.25, -0.2) is 0 Å². The van der Waals surface area contributed by atoms with Crippen molar-refractivity contribution in [1.82, 2.24) is 0 Å². The number of alkyl halides is 1. The molecular weight excluding hydrogens is 140 g/mol. The highest BCUT2D eigenvalue weighted by atomic mass is 35.5. The van der Waals surface area contributed by atoms with Crippen LogP contribution < -0.4 is 0 Å². The second-order valence-corrected chi connectivity index (χ2v) is 3.30. The van der Waals surface area contributed by atoms with Gasteiger partial charge in [0.1, 0.15) is 0 Å². The van der Waals surface area contributed by atoms with E-state index in [-0.39, 0.29) is 5.38 Å². The van der Waals surface area contributed by atoms with Gasteiger partial charge in [-0.1, -0.05) is 0 Å². The van der Waals surface area contributed by atoms with E-state index in [1.54, 1.807) is 20.8 Å². The fraction of sp³-hybridized carbons (Fsp3) is 0.833. The first-order valence-corrected chi connectivity index (χ1v) is 3.20. The van der Waals surface area contributed by atoms with Crippen molar-refractivity contribution in [1.29, 1.82) is 0 Å². The molecule has 0 amide bonds. The number of halogens is 1. The highest BCUT2D eigenvalue weighted by Gasteiger charge is 2.32. The summed E-state index contributed by atoms with van der Waals surface area (Å²) in [5, 5.41) is 8.19. The second kappa shape index (κ2) is 2.56. The van der Waals surface area contributed by atoms with E-state index in [2.05, 4.69) is 0 Å². The molecule has 0 radical (unpaired) electrons. The topological polar surface area (TPSA) is 37.3 Å². The van der Waals surface area contributed by atoms with E-state index in [9.17, 15) is 4.79 Å². The van der Waals surface area contributed by atoms with Gasteiger partial charge in [-0.05, 0) is 20.8 Å². The first-order valence-electron chi connectivity index (χ1n) is 2.76. The van der Waals surface area contributed by atoms with Gasteiger partial charge in [0, 0.05) is 5.38 Å². The van der Waals surface area contributed by atoms with E-state index in [0.29, 0.717) is 0 Å². The van der Waals surface area contributed by atoms with Crippen molar-refractivity contribution in [2.24, 2.45) is 5.41 Å². The second-order valence-electron chi connectivity index (χ2n) is 2.64. The lowest BCUT2D eigenvalue weighted by Gasteiger charge is -2.21. The summed E-state index contributed by atoms with van der Waals surface area (Å²) in [5.41, 5.74) is -0.818. The van der Waals surface area contributed by atoms with Crippen LogP contribution in [0.2, 0.25) is 0 Å². The smallest absolute Gasteiger partial charge is 0.310 e. The van der Waals surface area contributed by atoms with Gasteiger partial charge < -0.3 is 5.11 Å². The number of hydrogen-bond donors (Lipinski definition) is 1.